The Labute approximate surface area is 163 Å². The van der Waals surface area contributed by atoms with E-state index >= 15 is 0 Å². The van der Waals surface area contributed by atoms with Crippen LogP contribution in [0.15, 0.2) is 36.5 Å². The van der Waals surface area contributed by atoms with E-state index in [1.54, 1.807) is 24.3 Å². The molecule has 1 aromatic carbocycles. The molecule has 0 atom stereocenters. The smallest absolute Gasteiger partial charge is 0.274 e. The Hall–Kier alpha value is -2.60. The van der Waals surface area contributed by atoms with E-state index in [9.17, 15) is 9.59 Å². The molecule has 1 aliphatic rings. The molecule has 6 nitrogen and oxygen atoms in total. The number of carbonyl (C=O) groups excluding carboxylic acids is 2. The summed E-state index contributed by atoms with van der Waals surface area (Å²) in [6, 6.07) is 8.23. The van der Waals surface area contributed by atoms with Crippen molar-refractivity contribution in [3.8, 4) is 5.75 Å². The Morgan fingerprint density at radius 2 is 1.89 bits per heavy atom. The highest BCUT2D eigenvalue weighted by Gasteiger charge is 2.18. The molecule has 7 heteroatoms. The Bertz CT molecular complexity index is 835. The number of nitrogens with one attached hydrogen (secondary N) is 2. The zero-order valence-corrected chi connectivity index (χ0v) is 15.9. The van der Waals surface area contributed by atoms with E-state index in [0.29, 0.717) is 22.0 Å². The van der Waals surface area contributed by atoms with E-state index in [1.165, 1.54) is 25.8 Å². The van der Waals surface area contributed by atoms with Crippen LogP contribution in [0.5, 0.6) is 5.75 Å². The number of hydrogen-bond donors (Lipinski definition) is 2. The number of ether oxygens (including phenoxy) is 1. The van der Waals surface area contributed by atoms with Crippen LogP contribution < -0.4 is 15.4 Å². The second-order valence-corrected chi connectivity index (χ2v) is 6.97. The molecule has 1 aromatic heterocycles. The van der Waals surface area contributed by atoms with E-state index < -0.39 is 5.91 Å². The first kappa shape index (κ1) is 19.2. The third-order valence-electron chi connectivity index (χ3n) is 4.60. The van der Waals surface area contributed by atoms with Gasteiger partial charge in [0.05, 0.1) is 12.8 Å². The molecular formula is C20H22ClN3O3. The van der Waals surface area contributed by atoms with Crippen LogP contribution >= 0.6 is 11.6 Å². The van der Waals surface area contributed by atoms with Crippen molar-refractivity contribution in [1.29, 1.82) is 0 Å². The highest BCUT2D eigenvalue weighted by molar-refractivity contribution is 6.31. The number of rotatable bonds is 5. The Kier molecular flexibility index (Phi) is 6.29. The lowest BCUT2D eigenvalue weighted by Gasteiger charge is -2.22. The van der Waals surface area contributed by atoms with E-state index in [4.69, 9.17) is 16.3 Å². The Morgan fingerprint density at radius 3 is 2.63 bits per heavy atom. The fourth-order valence-corrected chi connectivity index (χ4v) is 3.35. The van der Waals surface area contributed by atoms with Gasteiger partial charge in [0.25, 0.3) is 11.8 Å². The third kappa shape index (κ3) is 4.98. The van der Waals surface area contributed by atoms with Gasteiger partial charge in [0.15, 0.2) is 0 Å². The van der Waals surface area contributed by atoms with Gasteiger partial charge in [0, 0.05) is 22.8 Å². The molecule has 1 saturated carbocycles. The number of anilines is 1. The Morgan fingerprint density at radius 1 is 1.11 bits per heavy atom. The molecule has 0 unspecified atom stereocenters. The number of carbonyl (C=O) groups is 2. The van der Waals surface area contributed by atoms with Crippen LogP contribution in [0, 0.1) is 0 Å². The van der Waals surface area contributed by atoms with Crippen molar-refractivity contribution < 1.29 is 14.3 Å². The normalized spacial score (nSPS) is 14.4. The summed E-state index contributed by atoms with van der Waals surface area (Å²) in [6.07, 6.45) is 6.95. The fraction of sp³-hybridized carbons (Fsp3) is 0.350. The van der Waals surface area contributed by atoms with Gasteiger partial charge in [0.1, 0.15) is 11.4 Å². The van der Waals surface area contributed by atoms with E-state index in [0.717, 1.165) is 25.7 Å². The van der Waals surface area contributed by atoms with E-state index in [-0.39, 0.29) is 17.6 Å². The summed E-state index contributed by atoms with van der Waals surface area (Å²) in [6.45, 7) is 0. The lowest BCUT2D eigenvalue weighted by atomic mass is 9.95. The van der Waals surface area contributed by atoms with Crippen molar-refractivity contribution >= 4 is 29.1 Å². The number of aromatic nitrogens is 1. The molecule has 0 spiro atoms. The zero-order valence-electron chi connectivity index (χ0n) is 15.1. The predicted octanol–water partition coefficient (Wildman–Crippen LogP) is 4.06. The largest absolute Gasteiger partial charge is 0.495 e. The summed E-state index contributed by atoms with van der Waals surface area (Å²) in [7, 11) is 1.51. The minimum Gasteiger partial charge on any atom is -0.495 e. The van der Waals surface area contributed by atoms with Gasteiger partial charge in [0.2, 0.25) is 0 Å². The van der Waals surface area contributed by atoms with Crippen molar-refractivity contribution in [1.82, 2.24) is 10.3 Å². The molecule has 27 heavy (non-hydrogen) atoms. The summed E-state index contributed by atoms with van der Waals surface area (Å²) in [5.74, 6) is -0.138. The molecule has 0 radical (unpaired) electrons. The van der Waals surface area contributed by atoms with Gasteiger partial charge in [-0.15, -0.1) is 0 Å². The van der Waals surface area contributed by atoms with Gasteiger partial charge in [-0.1, -0.05) is 30.9 Å². The van der Waals surface area contributed by atoms with Gasteiger partial charge < -0.3 is 15.4 Å². The number of pyridine rings is 1. The lowest BCUT2D eigenvalue weighted by molar-refractivity contribution is 0.0927. The first-order valence-electron chi connectivity index (χ1n) is 8.98. The first-order chi connectivity index (χ1) is 13.1. The van der Waals surface area contributed by atoms with Crippen LogP contribution in [0.2, 0.25) is 5.02 Å². The maximum atomic E-state index is 12.6. The van der Waals surface area contributed by atoms with Crippen LogP contribution in [0.1, 0.15) is 53.0 Å². The summed E-state index contributed by atoms with van der Waals surface area (Å²) in [5, 5.41) is 6.24. The third-order valence-corrected chi connectivity index (χ3v) is 4.84. The van der Waals surface area contributed by atoms with Crippen LogP contribution in [0.25, 0.3) is 0 Å². The van der Waals surface area contributed by atoms with Gasteiger partial charge in [-0.3, -0.25) is 14.6 Å². The SMILES string of the molecule is COc1ccc(Cl)cc1NC(=O)c1cc(C(=O)NC2CCCCC2)ccn1. The topological polar surface area (TPSA) is 80.3 Å². The Balaban J connectivity index is 1.72. The average molecular weight is 388 g/mol. The van der Waals surface area contributed by atoms with Crippen molar-refractivity contribution in [2.45, 2.75) is 38.1 Å². The second kappa shape index (κ2) is 8.86. The van der Waals surface area contributed by atoms with Gasteiger partial charge in [-0.05, 0) is 43.2 Å². The average Bonchev–Trinajstić information content (AvgIpc) is 2.69. The maximum absolute atomic E-state index is 12.6. The molecule has 1 aliphatic carbocycles. The molecule has 1 heterocycles. The molecule has 2 N–H and O–H groups in total. The monoisotopic (exact) mass is 387 g/mol. The number of methoxy groups -OCH3 is 1. The van der Waals surface area contributed by atoms with Gasteiger partial charge >= 0.3 is 0 Å². The summed E-state index contributed by atoms with van der Waals surface area (Å²) in [4.78, 5) is 29.1. The number of hydrogen-bond acceptors (Lipinski definition) is 4. The van der Waals surface area contributed by atoms with Crippen LogP contribution in [-0.4, -0.2) is 29.9 Å². The minimum atomic E-state index is -0.442. The quantitative estimate of drug-likeness (QED) is 0.810. The highest BCUT2D eigenvalue weighted by Crippen LogP contribution is 2.28. The maximum Gasteiger partial charge on any atom is 0.274 e. The fourth-order valence-electron chi connectivity index (χ4n) is 3.18. The van der Waals surface area contributed by atoms with Crippen LogP contribution in [0.3, 0.4) is 0 Å². The molecule has 0 aliphatic heterocycles. The second-order valence-electron chi connectivity index (χ2n) is 6.54. The first-order valence-corrected chi connectivity index (χ1v) is 9.36. The van der Waals surface area contributed by atoms with Crippen molar-refractivity contribution in [2.75, 3.05) is 12.4 Å². The summed E-state index contributed by atoms with van der Waals surface area (Å²) in [5.41, 5.74) is 1.00. The molecule has 3 rings (SSSR count). The minimum absolute atomic E-state index is 0.147. The zero-order chi connectivity index (χ0) is 19.2. The predicted molar refractivity (Wildman–Crippen MR) is 105 cm³/mol. The number of amides is 2. The van der Waals surface area contributed by atoms with Crippen molar-refractivity contribution in [2.24, 2.45) is 0 Å². The number of halogens is 1. The summed E-state index contributed by atoms with van der Waals surface area (Å²) >= 11 is 5.99. The molecule has 2 aromatic rings. The number of benzene rings is 1. The van der Waals surface area contributed by atoms with Gasteiger partial charge in [-0.25, -0.2) is 0 Å². The molecule has 1 fully saturated rings. The standard InChI is InChI=1S/C20H22ClN3O3/c1-27-18-8-7-14(21)12-16(18)24-20(26)17-11-13(9-10-22-17)19(25)23-15-5-3-2-4-6-15/h7-12,15H,2-6H2,1H3,(H,23,25)(H,24,26). The van der Waals surface area contributed by atoms with E-state index in [1.807, 2.05) is 0 Å². The van der Waals surface area contributed by atoms with Crippen molar-refractivity contribution in [3.63, 3.8) is 0 Å². The number of nitrogens with zero attached hydrogens (tertiary/aromatic N) is 1. The molecule has 0 saturated heterocycles. The molecular weight excluding hydrogens is 366 g/mol. The molecule has 142 valence electrons. The van der Waals surface area contributed by atoms with Crippen LogP contribution in [0.4, 0.5) is 5.69 Å². The highest BCUT2D eigenvalue weighted by atomic mass is 35.5. The lowest BCUT2D eigenvalue weighted by Crippen LogP contribution is -2.36. The van der Waals surface area contributed by atoms with E-state index in [2.05, 4.69) is 15.6 Å². The van der Waals surface area contributed by atoms with Gasteiger partial charge in [-0.2, -0.15) is 0 Å². The molecule has 0 bridgehead atoms. The molecule has 2 amide bonds. The van der Waals surface area contributed by atoms with Crippen LogP contribution in [-0.2, 0) is 0 Å². The summed E-state index contributed by atoms with van der Waals surface area (Å²) < 4.78 is 5.23. The van der Waals surface area contributed by atoms with Crippen molar-refractivity contribution in [3.05, 3.63) is 52.8 Å².